The van der Waals surface area contributed by atoms with Crippen molar-refractivity contribution in [1.82, 2.24) is 19.4 Å². The molecule has 0 fully saturated rings. The third-order valence-electron chi connectivity index (χ3n) is 5.10. The molecule has 6 heteroatoms. The number of fused-ring (bicyclic) bond motifs is 2. The summed E-state index contributed by atoms with van der Waals surface area (Å²) in [7, 11) is 5.53. The van der Waals surface area contributed by atoms with Crippen molar-refractivity contribution in [3.8, 4) is 5.75 Å². The quantitative estimate of drug-likeness (QED) is 0.606. The molecule has 0 saturated carbocycles. The van der Waals surface area contributed by atoms with E-state index in [2.05, 4.69) is 14.9 Å². The van der Waals surface area contributed by atoms with Gasteiger partial charge in [-0.2, -0.15) is 0 Å². The van der Waals surface area contributed by atoms with Crippen LogP contribution in [-0.4, -0.2) is 27.1 Å². The normalized spacial score (nSPS) is 11.3. The summed E-state index contributed by atoms with van der Waals surface area (Å²) in [4.78, 5) is 17.3. The largest absolute Gasteiger partial charge is 0.497 e. The number of amides is 1. The van der Waals surface area contributed by atoms with Crippen LogP contribution in [-0.2, 0) is 20.6 Å². The molecule has 138 valence electrons. The van der Waals surface area contributed by atoms with Crippen LogP contribution in [0.2, 0.25) is 0 Å². The lowest BCUT2D eigenvalue weighted by Gasteiger charge is -2.07. The number of nitrogens with zero attached hydrogens (tertiary/aromatic N) is 3. The van der Waals surface area contributed by atoms with E-state index in [1.54, 1.807) is 7.11 Å². The third-order valence-corrected chi connectivity index (χ3v) is 5.10. The predicted molar refractivity (Wildman–Crippen MR) is 106 cm³/mol. The SMILES string of the molecule is COc1ccc2c(c1)cc(C(=O)NCc1ccc3c(c1)nc(C)n3C)n2C. The Morgan fingerprint density at radius 3 is 2.63 bits per heavy atom. The van der Waals surface area contributed by atoms with Gasteiger partial charge in [-0.05, 0) is 48.9 Å². The van der Waals surface area contributed by atoms with Gasteiger partial charge in [-0.25, -0.2) is 4.98 Å². The summed E-state index contributed by atoms with van der Waals surface area (Å²) in [6.45, 7) is 2.44. The number of aryl methyl sites for hydroxylation is 3. The molecule has 27 heavy (non-hydrogen) atoms. The molecule has 0 radical (unpaired) electrons. The first-order valence-electron chi connectivity index (χ1n) is 8.81. The van der Waals surface area contributed by atoms with Crippen molar-refractivity contribution in [2.75, 3.05) is 7.11 Å². The zero-order valence-corrected chi connectivity index (χ0v) is 15.9. The van der Waals surface area contributed by atoms with Gasteiger partial charge in [0.2, 0.25) is 0 Å². The number of rotatable bonds is 4. The maximum Gasteiger partial charge on any atom is 0.268 e. The van der Waals surface area contributed by atoms with Crippen LogP contribution < -0.4 is 10.1 Å². The van der Waals surface area contributed by atoms with Gasteiger partial charge in [0, 0.05) is 31.5 Å². The topological polar surface area (TPSA) is 61.1 Å². The molecule has 2 aromatic carbocycles. The van der Waals surface area contributed by atoms with Crippen LogP contribution >= 0.6 is 0 Å². The van der Waals surface area contributed by atoms with Crippen molar-refractivity contribution in [1.29, 1.82) is 0 Å². The smallest absolute Gasteiger partial charge is 0.268 e. The van der Waals surface area contributed by atoms with Gasteiger partial charge in [-0.15, -0.1) is 0 Å². The van der Waals surface area contributed by atoms with Gasteiger partial charge in [-0.1, -0.05) is 6.07 Å². The van der Waals surface area contributed by atoms with Gasteiger partial charge in [0.05, 0.1) is 18.1 Å². The predicted octanol–water partition coefficient (Wildman–Crippen LogP) is 3.31. The van der Waals surface area contributed by atoms with Crippen molar-refractivity contribution in [3.05, 3.63) is 59.5 Å². The monoisotopic (exact) mass is 362 g/mol. The standard InChI is InChI=1S/C21H22N4O2/c1-13-23-17-9-14(5-7-19(17)24(13)2)12-22-21(26)20-11-15-10-16(27-4)6-8-18(15)25(20)3/h5-11H,12H2,1-4H3,(H,22,26). The highest BCUT2D eigenvalue weighted by Gasteiger charge is 2.14. The molecular formula is C21H22N4O2. The van der Waals surface area contributed by atoms with Crippen LogP contribution in [0, 0.1) is 6.92 Å². The van der Waals surface area contributed by atoms with E-state index in [0.29, 0.717) is 12.2 Å². The molecule has 2 aromatic heterocycles. The lowest BCUT2D eigenvalue weighted by Crippen LogP contribution is -2.24. The molecular weight excluding hydrogens is 340 g/mol. The Balaban J connectivity index is 1.55. The number of imidazole rings is 1. The zero-order valence-electron chi connectivity index (χ0n) is 15.9. The summed E-state index contributed by atoms with van der Waals surface area (Å²) in [6.07, 6.45) is 0. The molecule has 0 aliphatic rings. The first-order chi connectivity index (χ1) is 13.0. The summed E-state index contributed by atoms with van der Waals surface area (Å²) in [5, 5.41) is 3.99. The van der Waals surface area contributed by atoms with Gasteiger partial charge >= 0.3 is 0 Å². The Labute approximate surface area is 157 Å². The average Bonchev–Trinajstić information content (AvgIpc) is 3.15. The summed E-state index contributed by atoms with van der Waals surface area (Å²) in [5.41, 5.74) is 4.66. The summed E-state index contributed by atoms with van der Waals surface area (Å²) in [5.74, 6) is 1.64. The van der Waals surface area contributed by atoms with Gasteiger partial charge in [0.15, 0.2) is 0 Å². The second kappa shape index (κ2) is 6.46. The molecule has 1 N–H and O–H groups in total. The molecule has 6 nitrogen and oxygen atoms in total. The number of methoxy groups -OCH3 is 1. The van der Waals surface area contributed by atoms with Crippen LogP contribution in [0.1, 0.15) is 21.9 Å². The molecule has 0 aliphatic heterocycles. The molecule has 4 rings (SSSR count). The fraction of sp³-hybridized carbons (Fsp3) is 0.238. The van der Waals surface area contributed by atoms with E-state index < -0.39 is 0 Å². The van der Waals surface area contributed by atoms with E-state index in [0.717, 1.165) is 39.1 Å². The van der Waals surface area contributed by atoms with Gasteiger partial charge in [0.1, 0.15) is 17.3 Å². The molecule has 1 amide bonds. The highest BCUT2D eigenvalue weighted by atomic mass is 16.5. The Morgan fingerprint density at radius 1 is 1.07 bits per heavy atom. The van der Waals surface area contributed by atoms with Crippen LogP contribution in [0.4, 0.5) is 0 Å². The molecule has 2 heterocycles. The molecule has 0 unspecified atom stereocenters. The van der Waals surface area contributed by atoms with E-state index in [-0.39, 0.29) is 5.91 Å². The first kappa shape index (κ1) is 17.1. The fourth-order valence-electron chi connectivity index (χ4n) is 3.42. The number of hydrogen-bond acceptors (Lipinski definition) is 3. The van der Waals surface area contributed by atoms with E-state index in [1.807, 2.05) is 68.1 Å². The number of carbonyl (C=O) groups is 1. The number of benzene rings is 2. The number of aromatic nitrogens is 3. The molecule has 0 spiro atoms. The number of hydrogen-bond donors (Lipinski definition) is 1. The molecule has 0 bridgehead atoms. The lowest BCUT2D eigenvalue weighted by molar-refractivity contribution is 0.0943. The lowest BCUT2D eigenvalue weighted by atomic mass is 10.2. The second-order valence-corrected chi connectivity index (χ2v) is 6.74. The second-order valence-electron chi connectivity index (χ2n) is 6.74. The molecule has 0 atom stereocenters. The average molecular weight is 362 g/mol. The minimum absolute atomic E-state index is 0.107. The Bertz CT molecular complexity index is 1170. The van der Waals surface area contributed by atoms with Crippen LogP contribution in [0.3, 0.4) is 0 Å². The minimum Gasteiger partial charge on any atom is -0.497 e. The van der Waals surface area contributed by atoms with Gasteiger partial charge in [-0.3, -0.25) is 4.79 Å². The molecule has 0 aliphatic carbocycles. The summed E-state index contributed by atoms with van der Waals surface area (Å²) < 4.78 is 9.22. The van der Waals surface area contributed by atoms with Crippen LogP contribution in [0.5, 0.6) is 5.75 Å². The third kappa shape index (κ3) is 2.93. The van der Waals surface area contributed by atoms with E-state index in [1.165, 1.54) is 0 Å². The van der Waals surface area contributed by atoms with Crippen LogP contribution in [0.15, 0.2) is 42.5 Å². The van der Waals surface area contributed by atoms with Crippen molar-refractivity contribution in [3.63, 3.8) is 0 Å². The minimum atomic E-state index is -0.107. The fourth-order valence-corrected chi connectivity index (χ4v) is 3.42. The maximum absolute atomic E-state index is 12.7. The maximum atomic E-state index is 12.7. The summed E-state index contributed by atoms with van der Waals surface area (Å²) >= 11 is 0. The van der Waals surface area contributed by atoms with Crippen molar-refractivity contribution in [2.24, 2.45) is 14.1 Å². The molecule has 0 saturated heterocycles. The Morgan fingerprint density at radius 2 is 1.85 bits per heavy atom. The number of carbonyl (C=O) groups excluding carboxylic acids is 1. The highest BCUT2D eigenvalue weighted by molar-refractivity contribution is 5.99. The Hall–Kier alpha value is -3.28. The van der Waals surface area contributed by atoms with Crippen molar-refractivity contribution >= 4 is 27.8 Å². The van der Waals surface area contributed by atoms with E-state index in [4.69, 9.17) is 4.74 Å². The number of nitrogens with one attached hydrogen (secondary N) is 1. The van der Waals surface area contributed by atoms with Crippen LogP contribution in [0.25, 0.3) is 21.9 Å². The highest BCUT2D eigenvalue weighted by Crippen LogP contribution is 2.24. The van der Waals surface area contributed by atoms with Crippen molar-refractivity contribution < 1.29 is 9.53 Å². The van der Waals surface area contributed by atoms with E-state index >= 15 is 0 Å². The summed E-state index contributed by atoms with van der Waals surface area (Å²) in [6, 6.07) is 13.8. The molecule has 4 aromatic rings. The van der Waals surface area contributed by atoms with E-state index in [9.17, 15) is 4.79 Å². The zero-order chi connectivity index (χ0) is 19.1. The first-order valence-corrected chi connectivity index (χ1v) is 8.81. The Kier molecular flexibility index (Phi) is 4.11. The van der Waals surface area contributed by atoms with Crippen molar-refractivity contribution in [2.45, 2.75) is 13.5 Å². The van der Waals surface area contributed by atoms with Gasteiger partial charge in [0.25, 0.3) is 5.91 Å². The van der Waals surface area contributed by atoms with Gasteiger partial charge < -0.3 is 19.2 Å². The number of ether oxygens (including phenoxy) is 1.